The summed E-state index contributed by atoms with van der Waals surface area (Å²) in [6, 6.07) is 8.09. The second-order valence-corrected chi connectivity index (χ2v) is 6.19. The number of ether oxygens (including phenoxy) is 1. The quantitative estimate of drug-likeness (QED) is 0.816. The maximum absolute atomic E-state index is 5.86. The van der Waals surface area contributed by atoms with Gasteiger partial charge in [-0.25, -0.2) is 0 Å². The highest BCUT2D eigenvalue weighted by Gasteiger charge is 2.09. The fraction of sp³-hybridized carbons (Fsp3) is 0.250. The number of rotatable bonds is 4. The number of benzene rings is 1. The van der Waals surface area contributed by atoms with Gasteiger partial charge in [0.2, 0.25) is 5.28 Å². The van der Waals surface area contributed by atoms with Crippen LogP contribution in [0.4, 0.5) is 0 Å². The summed E-state index contributed by atoms with van der Waals surface area (Å²) in [5.74, 6) is 0. The third kappa shape index (κ3) is 4.63. The highest BCUT2D eigenvalue weighted by Crippen LogP contribution is 2.27. The Morgan fingerprint density at radius 1 is 1.16 bits per heavy atom. The predicted molar refractivity (Wildman–Crippen MR) is 78.9 cm³/mol. The summed E-state index contributed by atoms with van der Waals surface area (Å²) in [6.45, 7) is 3.80. The van der Waals surface area contributed by atoms with Crippen molar-refractivity contribution in [2.75, 3.05) is 0 Å². The van der Waals surface area contributed by atoms with Gasteiger partial charge in [0.1, 0.15) is 0 Å². The lowest BCUT2D eigenvalue weighted by Gasteiger charge is -2.08. The highest BCUT2D eigenvalue weighted by molar-refractivity contribution is 9.10. The van der Waals surface area contributed by atoms with Gasteiger partial charge in [-0.05, 0) is 61.5 Å². The van der Waals surface area contributed by atoms with Gasteiger partial charge in [-0.3, -0.25) is 0 Å². The molecule has 0 spiro atoms. The lowest BCUT2D eigenvalue weighted by molar-refractivity contribution is 0.219. The first-order chi connectivity index (χ1) is 9.02. The molecule has 0 saturated heterocycles. The molecule has 2 rings (SSSR count). The molecule has 1 aromatic carbocycles. The zero-order chi connectivity index (χ0) is 13.8. The number of hydrogen-bond donors (Lipinski definition) is 0. The molecule has 0 radical (unpaired) electrons. The number of aromatic nitrogens is 3. The van der Waals surface area contributed by atoms with Crippen molar-refractivity contribution in [2.24, 2.45) is 0 Å². The molecule has 1 aromatic heterocycles. The Kier molecular flexibility index (Phi) is 5.01. The van der Waals surface area contributed by atoms with Crippen molar-refractivity contribution in [1.82, 2.24) is 15.0 Å². The van der Waals surface area contributed by atoms with E-state index in [0.717, 1.165) is 9.37 Å². The summed E-state index contributed by atoms with van der Waals surface area (Å²) in [6.07, 6.45) is -0.0102. The van der Waals surface area contributed by atoms with Crippen LogP contribution < -0.4 is 4.74 Å². The van der Waals surface area contributed by atoms with E-state index < -0.39 is 0 Å². The third-order valence-corrected chi connectivity index (χ3v) is 3.50. The van der Waals surface area contributed by atoms with Crippen LogP contribution in [0, 0.1) is 0 Å². The summed E-state index contributed by atoms with van der Waals surface area (Å²) in [5, 5.41) is 0.642. The van der Waals surface area contributed by atoms with Crippen LogP contribution in [-0.4, -0.2) is 21.1 Å². The standard InChI is InChI=1S/C12H11BrClN3OS/c1-7(2)18-11-15-10(14)16-12(17-11)19-9-5-3-8(13)4-6-9/h3-7H,1-2H3. The number of nitrogens with zero attached hydrogens (tertiary/aromatic N) is 3. The molecule has 2 aromatic rings. The van der Waals surface area contributed by atoms with Crippen molar-refractivity contribution < 1.29 is 4.74 Å². The first kappa shape index (κ1) is 14.6. The molecule has 0 aliphatic heterocycles. The molecular weight excluding hydrogens is 350 g/mol. The second kappa shape index (κ2) is 6.54. The van der Waals surface area contributed by atoms with E-state index in [0.29, 0.717) is 5.16 Å². The summed E-state index contributed by atoms with van der Waals surface area (Å²) in [4.78, 5) is 13.2. The average Bonchev–Trinajstić information content (AvgIpc) is 2.30. The van der Waals surface area contributed by atoms with Crippen LogP contribution >= 0.6 is 39.3 Å². The van der Waals surface area contributed by atoms with Gasteiger partial charge < -0.3 is 4.74 Å². The molecule has 0 atom stereocenters. The molecule has 4 nitrogen and oxygen atoms in total. The van der Waals surface area contributed by atoms with Crippen molar-refractivity contribution >= 4 is 39.3 Å². The van der Waals surface area contributed by atoms with Crippen LogP contribution in [-0.2, 0) is 0 Å². The van der Waals surface area contributed by atoms with Crippen molar-refractivity contribution in [1.29, 1.82) is 0 Å². The summed E-state index contributed by atoms with van der Waals surface area (Å²) in [7, 11) is 0. The van der Waals surface area contributed by atoms with Gasteiger partial charge in [0.25, 0.3) is 0 Å². The Balaban J connectivity index is 2.19. The van der Waals surface area contributed by atoms with Gasteiger partial charge in [0.05, 0.1) is 6.10 Å². The van der Waals surface area contributed by atoms with Crippen molar-refractivity contribution in [3.63, 3.8) is 0 Å². The normalized spacial score (nSPS) is 10.8. The number of hydrogen-bond acceptors (Lipinski definition) is 5. The molecule has 1 heterocycles. The lowest BCUT2D eigenvalue weighted by Crippen LogP contribution is -2.09. The minimum atomic E-state index is -0.0102. The number of halogens is 2. The van der Waals surface area contributed by atoms with Crippen molar-refractivity contribution in [3.8, 4) is 6.01 Å². The van der Waals surface area contributed by atoms with E-state index >= 15 is 0 Å². The third-order valence-electron chi connectivity index (χ3n) is 1.93. The monoisotopic (exact) mass is 359 g/mol. The maximum atomic E-state index is 5.86. The molecule has 0 bridgehead atoms. The summed E-state index contributed by atoms with van der Waals surface area (Å²) < 4.78 is 6.45. The summed E-state index contributed by atoms with van der Waals surface area (Å²) in [5.41, 5.74) is 0. The average molecular weight is 361 g/mol. The Labute approximate surface area is 129 Å². The Hall–Kier alpha value is -0.850. The van der Waals surface area contributed by atoms with E-state index in [9.17, 15) is 0 Å². The lowest BCUT2D eigenvalue weighted by atomic mass is 10.4. The Morgan fingerprint density at radius 3 is 2.47 bits per heavy atom. The minimum absolute atomic E-state index is 0.0102. The summed E-state index contributed by atoms with van der Waals surface area (Å²) >= 11 is 10.7. The molecule has 0 unspecified atom stereocenters. The van der Waals surface area contributed by atoms with Crippen molar-refractivity contribution in [3.05, 3.63) is 34.0 Å². The van der Waals surface area contributed by atoms with Gasteiger partial charge in [-0.2, -0.15) is 15.0 Å². The molecule has 7 heteroatoms. The van der Waals surface area contributed by atoms with Gasteiger partial charge in [0, 0.05) is 9.37 Å². The van der Waals surface area contributed by atoms with Crippen LogP contribution in [0.1, 0.15) is 13.8 Å². The topological polar surface area (TPSA) is 47.9 Å². The minimum Gasteiger partial charge on any atom is -0.461 e. The maximum Gasteiger partial charge on any atom is 0.322 e. The van der Waals surface area contributed by atoms with Crippen LogP contribution in [0.25, 0.3) is 0 Å². The molecular formula is C12H11BrClN3OS. The second-order valence-electron chi connectivity index (χ2n) is 3.89. The van der Waals surface area contributed by atoms with Crippen LogP contribution in [0.15, 0.2) is 38.8 Å². The molecule has 0 N–H and O–H groups in total. The van der Waals surface area contributed by atoms with Crippen LogP contribution in [0.3, 0.4) is 0 Å². The molecule has 0 saturated carbocycles. The molecule has 0 amide bonds. The largest absolute Gasteiger partial charge is 0.461 e. The fourth-order valence-electron chi connectivity index (χ4n) is 1.23. The van der Waals surface area contributed by atoms with Crippen LogP contribution in [0.2, 0.25) is 5.28 Å². The van der Waals surface area contributed by atoms with Crippen molar-refractivity contribution in [2.45, 2.75) is 30.0 Å². The van der Waals surface area contributed by atoms with Gasteiger partial charge >= 0.3 is 6.01 Å². The smallest absolute Gasteiger partial charge is 0.322 e. The fourth-order valence-corrected chi connectivity index (χ4v) is 2.44. The van der Waals surface area contributed by atoms with Crippen LogP contribution in [0.5, 0.6) is 6.01 Å². The predicted octanol–water partition coefficient (Wildman–Crippen LogP) is 4.23. The SMILES string of the molecule is CC(C)Oc1nc(Cl)nc(Sc2ccc(Br)cc2)n1. The Morgan fingerprint density at radius 2 is 1.84 bits per heavy atom. The molecule has 0 aliphatic carbocycles. The first-order valence-electron chi connectivity index (χ1n) is 5.54. The molecule has 0 fully saturated rings. The van der Waals surface area contributed by atoms with Gasteiger partial charge in [-0.15, -0.1) is 0 Å². The molecule has 0 aliphatic rings. The molecule has 100 valence electrons. The Bertz CT molecular complexity index is 565. The first-order valence-corrected chi connectivity index (χ1v) is 7.53. The van der Waals surface area contributed by atoms with E-state index in [1.807, 2.05) is 38.1 Å². The van der Waals surface area contributed by atoms with Gasteiger partial charge in [0.15, 0.2) is 5.16 Å². The van der Waals surface area contributed by atoms with E-state index in [-0.39, 0.29) is 17.4 Å². The zero-order valence-electron chi connectivity index (χ0n) is 10.3. The van der Waals surface area contributed by atoms with Gasteiger partial charge in [-0.1, -0.05) is 15.9 Å². The van der Waals surface area contributed by atoms with E-state index in [1.165, 1.54) is 11.8 Å². The highest BCUT2D eigenvalue weighted by atomic mass is 79.9. The van der Waals surface area contributed by atoms with E-state index in [4.69, 9.17) is 16.3 Å². The zero-order valence-corrected chi connectivity index (χ0v) is 13.5. The van der Waals surface area contributed by atoms with E-state index in [1.54, 1.807) is 0 Å². The molecule has 19 heavy (non-hydrogen) atoms. The van der Waals surface area contributed by atoms with E-state index in [2.05, 4.69) is 30.9 Å².